The molecule has 1 amide bonds. The predicted octanol–water partition coefficient (Wildman–Crippen LogP) is 2.13. The van der Waals surface area contributed by atoms with Crippen LogP contribution < -0.4 is 10.6 Å². The largest absolute Gasteiger partial charge is 0.468 e. The van der Waals surface area contributed by atoms with Crippen LogP contribution in [0.3, 0.4) is 0 Å². The van der Waals surface area contributed by atoms with E-state index in [4.69, 9.17) is 11.6 Å². The van der Waals surface area contributed by atoms with Crippen molar-refractivity contribution in [2.24, 2.45) is 0 Å². The van der Waals surface area contributed by atoms with Crippen molar-refractivity contribution in [3.63, 3.8) is 0 Å². The summed E-state index contributed by atoms with van der Waals surface area (Å²) in [5.74, 6) is -0.647. The Morgan fingerprint density at radius 3 is 2.65 bits per heavy atom. The van der Waals surface area contributed by atoms with E-state index in [9.17, 15) is 9.59 Å². The van der Waals surface area contributed by atoms with Gasteiger partial charge in [-0.15, -0.1) is 0 Å². The third kappa shape index (κ3) is 4.83. The fraction of sp³-hybridized carbons (Fsp3) is 0.429. The zero-order valence-electron chi connectivity index (χ0n) is 11.8. The minimum Gasteiger partial charge on any atom is -0.468 e. The molecule has 5 nitrogen and oxygen atoms in total. The molecule has 1 rings (SSSR count). The number of rotatable bonds is 6. The number of esters is 1. The lowest BCUT2D eigenvalue weighted by atomic mass is 10.2. The van der Waals surface area contributed by atoms with Crippen LogP contribution in [0.2, 0.25) is 5.02 Å². The highest BCUT2D eigenvalue weighted by Crippen LogP contribution is 2.22. The van der Waals surface area contributed by atoms with E-state index in [1.54, 1.807) is 12.1 Å². The van der Waals surface area contributed by atoms with E-state index >= 15 is 0 Å². The molecule has 20 heavy (non-hydrogen) atoms. The zero-order valence-corrected chi connectivity index (χ0v) is 12.6. The first-order valence-electron chi connectivity index (χ1n) is 6.35. The maximum Gasteiger partial charge on any atom is 0.322 e. The molecule has 0 aromatic heterocycles. The summed E-state index contributed by atoms with van der Waals surface area (Å²) in [7, 11) is 1.32. The van der Waals surface area contributed by atoms with Gasteiger partial charge in [0.15, 0.2) is 0 Å². The predicted molar refractivity (Wildman–Crippen MR) is 78.9 cm³/mol. The van der Waals surface area contributed by atoms with Gasteiger partial charge >= 0.3 is 5.97 Å². The molecule has 0 radical (unpaired) electrons. The number of anilines is 1. The first kappa shape index (κ1) is 16.5. The molecular formula is C14H19ClN2O3. The van der Waals surface area contributed by atoms with Crippen molar-refractivity contribution in [2.75, 3.05) is 19.0 Å². The van der Waals surface area contributed by atoms with Gasteiger partial charge in [-0.25, -0.2) is 0 Å². The minimum atomic E-state index is -0.487. The van der Waals surface area contributed by atoms with E-state index < -0.39 is 6.04 Å². The SMILES string of the molecule is CC[C@H](NCC(=O)Nc1ccc(C)cc1Cl)C(=O)OC. The molecule has 0 aliphatic rings. The van der Waals surface area contributed by atoms with Crippen molar-refractivity contribution >= 4 is 29.2 Å². The molecule has 0 bridgehead atoms. The number of hydrogen-bond donors (Lipinski definition) is 2. The van der Waals surface area contributed by atoms with Gasteiger partial charge in [0.05, 0.1) is 24.4 Å². The van der Waals surface area contributed by atoms with Crippen LogP contribution in [0.1, 0.15) is 18.9 Å². The number of benzene rings is 1. The van der Waals surface area contributed by atoms with E-state index in [2.05, 4.69) is 15.4 Å². The summed E-state index contributed by atoms with van der Waals surface area (Å²) in [6.07, 6.45) is 0.547. The number of aryl methyl sites for hydroxylation is 1. The molecule has 0 aliphatic heterocycles. The van der Waals surface area contributed by atoms with Crippen molar-refractivity contribution < 1.29 is 14.3 Å². The number of amides is 1. The molecule has 1 aromatic rings. The molecule has 0 spiro atoms. The smallest absolute Gasteiger partial charge is 0.322 e. The van der Waals surface area contributed by atoms with E-state index in [0.717, 1.165) is 5.56 Å². The molecule has 0 fully saturated rings. The van der Waals surface area contributed by atoms with Crippen LogP contribution in [0, 0.1) is 6.92 Å². The summed E-state index contributed by atoms with van der Waals surface area (Å²) in [6.45, 7) is 3.77. The number of hydrogen-bond acceptors (Lipinski definition) is 4. The van der Waals surface area contributed by atoms with Gasteiger partial charge in [0.1, 0.15) is 6.04 Å². The molecule has 0 saturated heterocycles. The Balaban J connectivity index is 2.53. The summed E-state index contributed by atoms with van der Waals surface area (Å²) in [6, 6.07) is 4.89. The van der Waals surface area contributed by atoms with Crippen molar-refractivity contribution in [3.05, 3.63) is 28.8 Å². The second kappa shape index (κ2) is 7.87. The van der Waals surface area contributed by atoms with Gasteiger partial charge in [0, 0.05) is 0 Å². The van der Waals surface area contributed by atoms with Crippen LogP contribution in [-0.4, -0.2) is 31.6 Å². The Morgan fingerprint density at radius 2 is 2.10 bits per heavy atom. The van der Waals surface area contributed by atoms with E-state index in [-0.39, 0.29) is 18.4 Å². The van der Waals surface area contributed by atoms with Crippen LogP contribution in [0.4, 0.5) is 5.69 Å². The molecule has 2 N–H and O–H groups in total. The van der Waals surface area contributed by atoms with E-state index in [0.29, 0.717) is 17.1 Å². The Bertz CT molecular complexity index is 491. The molecule has 1 aromatic carbocycles. The number of carbonyl (C=O) groups excluding carboxylic acids is 2. The van der Waals surface area contributed by atoms with Crippen LogP contribution in [0.25, 0.3) is 0 Å². The Morgan fingerprint density at radius 1 is 1.40 bits per heavy atom. The summed E-state index contributed by atoms with van der Waals surface area (Å²) >= 11 is 6.03. The molecule has 0 heterocycles. The lowest BCUT2D eigenvalue weighted by Crippen LogP contribution is -2.41. The van der Waals surface area contributed by atoms with Gasteiger partial charge in [0.25, 0.3) is 0 Å². The van der Waals surface area contributed by atoms with Crippen molar-refractivity contribution in [1.82, 2.24) is 5.32 Å². The molecule has 1 atom stereocenters. The lowest BCUT2D eigenvalue weighted by molar-refractivity contribution is -0.143. The van der Waals surface area contributed by atoms with Gasteiger partial charge in [-0.05, 0) is 31.0 Å². The normalized spacial score (nSPS) is 11.8. The molecule has 6 heteroatoms. The standard InChI is InChI=1S/C14H19ClN2O3/c1-4-11(14(19)20-3)16-8-13(18)17-12-6-5-9(2)7-10(12)15/h5-7,11,16H,4,8H2,1-3H3,(H,17,18)/t11-/m0/s1. The van der Waals surface area contributed by atoms with Crippen molar-refractivity contribution in [1.29, 1.82) is 0 Å². The van der Waals surface area contributed by atoms with Gasteiger partial charge in [-0.1, -0.05) is 24.6 Å². The number of ether oxygens (including phenoxy) is 1. The van der Waals surface area contributed by atoms with E-state index in [1.807, 2.05) is 19.9 Å². The summed E-state index contributed by atoms with van der Waals surface area (Å²) < 4.78 is 4.63. The highest BCUT2D eigenvalue weighted by molar-refractivity contribution is 6.33. The quantitative estimate of drug-likeness (QED) is 0.790. The number of methoxy groups -OCH3 is 1. The van der Waals surface area contributed by atoms with Crippen molar-refractivity contribution in [2.45, 2.75) is 26.3 Å². The summed E-state index contributed by atoms with van der Waals surface area (Å²) in [5, 5.41) is 6.01. The Kier molecular flexibility index (Phi) is 6.48. The van der Waals surface area contributed by atoms with Crippen LogP contribution in [-0.2, 0) is 14.3 Å². The van der Waals surface area contributed by atoms with E-state index in [1.165, 1.54) is 7.11 Å². The first-order chi connectivity index (χ1) is 9.47. The zero-order chi connectivity index (χ0) is 15.1. The second-order valence-electron chi connectivity index (χ2n) is 4.40. The van der Waals surface area contributed by atoms with Crippen LogP contribution in [0.5, 0.6) is 0 Å². The molecule has 0 aliphatic carbocycles. The van der Waals surface area contributed by atoms with Crippen molar-refractivity contribution in [3.8, 4) is 0 Å². The molecule has 110 valence electrons. The third-order valence-electron chi connectivity index (χ3n) is 2.80. The molecular weight excluding hydrogens is 280 g/mol. The third-order valence-corrected chi connectivity index (χ3v) is 3.11. The fourth-order valence-corrected chi connectivity index (χ4v) is 1.95. The average Bonchev–Trinajstić information content (AvgIpc) is 2.42. The van der Waals surface area contributed by atoms with Gasteiger partial charge < -0.3 is 10.1 Å². The number of halogens is 1. The van der Waals surface area contributed by atoms with Crippen LogP contribution in [0.15, 0.2) is 18.2 Å². The number of carbonyl (C=O) groups is 2. The average molecular weight is 299 g/mol. The monoisotopic (exact) mass is 298 g/mol. The Labute approximate surface area is 123 Å². The maximum atomic E-state index is 11.8. The minimum absolute atomic E-state index is 0.0117. The molecule has 0 unspecified atom stereocenters. The summed E-state index contributed by atoms with van der Waals surface area (Å²) in [5.41, 5.74) is 1.57. The number of nitrogens with one attached hydrogen (secondary N) is 2. The lowest BCUT2D eigenvalue weighted by Gasteiger charge is -2.14. The topological polar surface area (TPSA) is 67.4 Å². The first-order valence-corrected chi connectivity index (χ1v) is 6.73. The summed E-state index contributed by atoms with van der Waals surface area (Å²) in [4.78, 5) is 23.2. The van der Waals surface area contributed by atoms with Gasteiger partial charge in [0.2, 0.25) is 5.91 Å². The molecule has 0 saturated carbocycles. The maximum absolute atomic E-state index is 11.8. The highest BCUT2D eigenvalue weighted by atomic mass is 35.5. The second-order valence-corrected chi connectivity index (χ2v) is 4.80. The Hall–Kier alpha value is -1.59. The van der Waals surface area contributed by atoms with Gasteiger partial charge in [-0.2, -0.15) is 0 Å². The van der Waals surface area contributed by atoms with Gasteiger partial charge in [-0.3, -0.25) is 14.9 Å². The fourth-order valence-electron chi connectivity index (χ4n) is 1.67. The van der Waals surface area contributed by atoms with Crippen LogP contribution >= 0.6 is 11.6 Å². The highest BCUT2D eigenvalue weighted by Gasteiger charge is 2.17.